The first kappa shape index (κ1) is 5.97. The third-order valence-electron chi connectivity index (χ3n) is 0.469. The fraction of sp³-hybridized carbons (Fsp3) is 0.500. The van der Waals surface area contributed by atoms with Gasteiger partial charge in [-0.15, -0.1) is 9.24 Å². The van der Waals surface area contributed by atoms with Crippen molar-refractivity contribution in [2.45, 2.75) is 6.42 Å². The lowest BCUT2D eigenvalue weighted by atomic mass is 10.5. The molecule has 1 nitrogen and oxygen atoms in total. The van der Waals surface area contributed by atoms with Gasteiger partial charge in [-0.3, -0.25) is 0 Å². The molecule has 1 unspecified atom stereocenters. The Morgan fingerprint density at radius 2 is 2.33 bits per heavy atom. The highest BCUT2D eigenvalue weighted by molar-refractivity contribution is 7.16. The second-order valence-electron chi connectivity index (χ2n) is 1.01. The van der Waals surface area contributed by atoms with E-state index in [0.29, 0.717) is 0 Å². The van der Waals surface area contributed by atoms with E-state index in [0.717, 1.165) is 12.6 Å². The predicted molar refractivity (Wildman–Crippen MR) is 32.5 cm³/mol. The van der Waals surface area contributed by atoms with E-state index < -0.39 is 0 Å². The number of hydrogen-bond acceptors (Lipinski definition) is 1. The maximum atomic E-state index is 5.02. The lowest BCUT2D eigenvalue weighted by molar-refractivity contribution is 1.23. The summed E-state index contributed by atoms with van der Waals surface area (Å²) in [5.74, 6) is 0. The topological polar surface area (TPSA) is 26.0 Å². The minimum absolute atomic E-state index is 1.07. The Bertz CT molecular complexity index is 42.8. The first-order chi connectivity index (χ1) is 2.91. The summed E-state index contributed by atoms with van der Waals surface area (Å²) in [4.78, 5) is 0. The van der Waals surface area contributed by atoms with Crippen molar-refractivity contribution in [2.75, 3.05) is 6.16 Å². The van der Waals surface area contributed by atoms with Crippen molar-refractivity contribution < 1.29 is 0 Å². The highest BCUT2D eigenvalue weighted by Crippen LogP contribution is 1.85. The molecule has 0 aliphatic heterocycles. The lowest BCUT2D eigenvalue weighted by Crippen LogP contribution is -1.75. The molecule has 0 saturated heterocycles. The van der Waals surface area contributed by atoms with Gasteiger partial charge in [0.25, 0.3) is 0 Å². The average molecular weight is 103 g/mol. The van der Waals surface area contributed by atoms with Crippen LogP contribution in [0.3, 0.4) is 0 Å². The molecule has 0 aliphatic carbocycles. The summed E-state index contributed by atoms with van der Waals surface area (Å²) in [7, 11) is 2.62. The molecule has 0 radical (unpaired) electrons. The third kappa shape index (κ3) is 3.97. The van der Waals surface area contributed by atoms with Crippen LogP contribution in [0.5, 0.6) is 0 Å². The van der Waals surface area contributed by atoms with Gasteiger partial charge < -0.3 is 5.73 Å². The van der Waals surface area contributed by atoms with Crippen LogP contribution in [0.1, 0.15) is 6.42 Å². The summed E-state index contributed by atoms with van der Waals surface area (Å²) in [6, 6.07) is 0. The molecule has 0 saturated carbocycles. The average Bonchev–Trinajstić information content (AvgIpc) is 1.61. The van der Waals surface area contributed by atoms with E-state index in [4.69, 9.17) is 5.73 Å². The number of allylic oxidation sites excluding steroid dienone is 1. The molecule has 2 N–H and O–H groups in total. The largest absolute Gasteiger partial charge is 0.405 e. The first-order valence-corrected chi connectivity index (χ1v) is 2.80. The predicted octanol–water partition coefficient (Wildman–Crippen LogP) is 0.724. The second-order valence-corrected chi connectivity index (χ2v) is 1.58. The Balaban J connectivity index is 2.66. The van der Waals surface area contributed by atoms with Gasteiger partial charge in [0.1, 0.15) is 0 Å². The monoisotopic (exact) mass is 103 g/mol. The van der Waals surface area contributed by atoms with Gasteiger partial charge in [-0.1, -0.05) is 6.08 Å². The van der Waals surface area contributed by atoms with E-state index in [1.807, 2.05) is 6.08 Å². The molecule has 0 aromatic carbocycles. The molecule has 6 heavy (non-hydrogen) atoms. The van der Waals surface area contributed by atoms with E-state index >= 15 is 0 Å². The molecule has 0 aliphatic rings. The van der Waals surface area contributed by atoms with Gasteiger partial charge in [-0.2, -0.15) is 0 Å². The van der Waals surface area contributed by atoms with Crippen molar-refractivity contribution in [1.29, 1.82) is 0 Å². The minimum Gasteiger partial charge on any atom is -0.405 e. The molecule has 0 spiro atoms. The molecule has 1 atom stereocenters. The Kier molecular flexibility index (Phi) is 4.95. The van der Waals surface area contributed by atoms with Crippen LogP contribution < -0.4 is 5.73 Å². The van der Waals surface area contributed by atoms with Crippen LogP contribution in [0, 0.1) is 0 Å². The summed E-state index contributed by atoms with van der Waals surface area (Å²) < 4.78 is 0. The van der Waals surface area contributed by atoms with E-state index in [2.05, 4.69) is 9.24 Å². The van der Waals surface area contributed by atoms with Gasteiger partial charge in [0.05, 0.1) is 0 Å². The fourth-order valence-electron chi connectivity index (χ4n) is 0.192. The van der Waals surface area contributed by atoms with Gasteiger partial charge >= 0.3 is 0 Å². The van der Waals surface area contributed by atoms with Crippen molar-refractivity contribution in [3.63, 3.8) is 0 Å². The molecule has 0 heterocycles. The zero-order chi connectivity index (χ0) is 4.83. The number of rotatable bonds is 2. The van der Waals surface area contributed by atoms with E-state index in [-0.39, 0.29) is 0 Å². The fourth-order valence-corrected chi connectivity index (χ4v) is 0.385. The molecule has 0 fully saturated rings. The van der Waals surface area contributed by atoms with Crippen molar-refractivity contribution in [3.05, 3.63) is 12.3 Å². The second kappa shape index (κ2) is 4.97. The summed E-state index contributed by atoms with van der Waals surface area (Å²) >= 11 is 0. The van der Waals surface area contributed by atoms with Crippen LogP contribution in [0.15, 0.2) is 12.3 Å². The van der Waals surface area contributed by atoms with Crippen molar-refractivity contribution in [1.82, 2.24) is 0 Å². The van der Waals surface area contributed by atoms with Gasteiger partial charge in [0.2, 0.25) is 0 Å². The highest BCUT2D eigenvalue weighted by Gasteiger charge is 1.65. The van der Waals surface area contributed by atoms with Gasteiger partial charge in [-0.25, -0.2) is 0 Å². The van der Waals surface area contributed by atoms with Crippen LogP contribution in [0.2, 0.25) is 0 Å². The van der Waals surface area contributed by atoms with Crippen molar-refractivity contribution in [3.8, 4) is 0 Å². The first-order valence-electron chi connectivity index (χ1n) is 1.98. The van der Waals surface area contributed by atoms with Gasteiger partial charge in [0.15, 0.2) is 0 Å². The molecule has 0 aromatic heterocycles. The van der Waals surface area contributed by atoms with Crippen LogP contribution in [-0.4, -0.2) is 6.16 Å². The Morgan fingerprint density at radius 1 is 1.67 bits per heavy atom. The molecule has 0 rings (SSSR count). The molecule has 0 aromatic rings. The van der Waals surface area contributed by atoms with Gasteiger partial charge in [0, 0.05) is 0 Å². The molecule has 2 heteroatoms. The number of nitrogens with two attached hydrogens (primary N) is 1. The highest BCUT2D eigenvalue weighted by atomic mass is 31.0. The molecular formula is C4H10NP. The van der Waals surface area contributed by atoms with Crippen LogP contribution in [0.25, 0.3) is 0 Å². The van der Waals surface area contributed by atoms with E-state index in [9.17, 15) is 0 Å². The molecule has 0 bridgehead atoms. The number of hydrogen-bond donors (Lipinski definition) is 1. The Morgan fingerprint density at radius 3 is 2.50 bits per heavy atom. The summed E-state index contributed by atoms with van der Waals surface area (Å²) in [6.45, 7) is 0. The summed E-state index contributed by atoms with van der Waals surface area (Å²) in [6.07, 6.45) is 5.69. The molecule has 0 amide bonds. The summed E-state index contributed by atoms with van der Waals surface area (Å²) in [5.41, 5.74) is 5.02. The smallest absolute Gasteiger partial charge is 0.0103 e. The zero-order valence-electron chi connectivity index (χ0n) is 3.72. The quantitative estimate of drug-likeness (QED) is 0.512. The Labute approximate surface area is 40.8 Å². The van der Waals surface area contributed by atoms with Crippen molar-refractivity contribution in [2.24, 2.45) is 5.73 Å². The SMILES string of the molecule is NC=CCCP. The van der Waals surface area contributed by atoms with Crippen LogP contribution in [0.4, 0.5) is 0 Å². The lowest BCUT2D eigenvalue weighted by Gasteiger charge is -1.76. The molecular weight excluding hydrogens is 93.0 g/mol. The zero-order valence-corrected chi connectivity index (χ0v) is 4.88. The van der Waals surface area contributed by atoms with Crippen molar-refractivity contribution >= 4 is 9.24 Å². The Hall–Kier alpha value is -0.0300. The van der Waals surface area contributed by atoms with E-state index in [1.165, 1.54) is 0 Å². The third-order valence-corrected chi connectivity index (χ3v) is 0.803. The standard InChI is InChI=1S/C4H10NP/c5-3-1-2-4-6/h1,3H,2,4-6H2. The van der Waals surface area contributed by atoms with Crippen LogP contribution in [-0.2, 0) is 0 Å². The molecule has 36 valence electrons. The van der Waals surface area contributed by atoms with Gasteiger partial charge in [-0.05, 0) is 18.8 Å². The normalized spacial score (nSPS) is 10.2. The maximum absolute atomic E-state index is 5.02. The maximum Gasteiger partial charge on any atom is -0.0103 e. The minimum atomic E-state index is 1.07. The van der Waals surface area contributed by atoms with E-state index in [1.54, 1.807) is 6.20 Å². The summed E-state index contributed by atoms with van der Waals surface area (Å²) in [5, 5.41) is 0. The van der Waals surface area contributed by atoms with Crippen LogP contribution >= 0.6 is 9.24 Å².